The van der Waals surface area contributed by atoms with Crippen molar-refractivity contribution in [1.29, 1.82) is 0 Å². The van der Waals surface area contributed by atoms with Gasteiger partial charge in [-0.05, 0) is 17.9 Å². The van der Waals surface area contributed by atoms with Gasteiger partial charge in [0.1, 0.15) is 0 Å². The Balaban J connectivity index is 0. The maximum absolute atomic E-state index is 6.09. The zero-order chi connectivity index (χ0) is 13.7. The molecule has 0 aromatic rings. The molecular formula is C13H33Cl2NSi2. The van der Waals surface area contributed by atoms with E-state index in [1.54, 1.807) is 12.1 Å². The lowest BCUT2D eigenvalue weighted by Crippen LogP contribution is -2.20. The summed E-state index contributed by atoms with van der Waals surface area (Å²) in [5, 5.41) is 0. The Kier molecular flexibility index (Phi) is 10.6. The van der Waals surface area contributed by atoms with Gasteiger partial charge in [-0.25, -0.2) is 0 Å². The molecule has 18 heavy (non-hydrogen) atoms. The molecule has 112 valence electrons. The van der Waals surface area contributed by atoms with Gasteiger partial charge >= 0.3 is 0 Å². The maximum Gasteiger partial charge on any atom is 0.150 e. The van der Waals surface area contributed by atoms with Crippen LogP contribution in [0, 0.1) is 11.8 Å². The summed E-state index contributed by atoms with van der Waals surface area (Å²) in [4.78, 5) is 0. The second-order valence-corrected chi connectivity index (χ2v) is 19.7. The average Bonchev–Trinajstić information content (AvgIpc) is 2.42. The van der Waals surface area contributed by atoms with Crippen molar-refractivity contribution in [2.75, 3.05) is 5.88 Å². The Morgan fingerprint density at radius 1 is 1.33 bits per heavy atom. The van der Waals surface area contributed by atoms with Crippen LogP contribution in [-0.2, 0) is 0 Å². The highest BCUT2D eigenvalue weighted by atomic mass is 35.6. The molecule has 0 bridgehead atoms. The number of halogens is 2. The molecule has 0 radical (unpaired) electrons. The van der Waals surface area contributed by atoms with E-state index in [1.165, 1.54) is 6.42 Å². The molecule has 0 aromatic carbocycles. The topological polar surface area (TPSA) is 35.0 Å². The predicted molar refractivity (Wildman–Crippen MR) is 93.9 cm³/mol. The minimum absolute atomic E-state index is 0. The molecular weight excluding hydrogens is 297 g/mol. The van der Waals surface area contributed by atoms with Crippen LogP contribution in [0.3, 0.4) is 0 Å². The van der Waals surface area contributed by atoms with E-state index in [0.29, 0.717) is 5.92 Å². The van der Waals surface area contributed by atoms with Crippen molar-refractivity contribution in [3.8, 4) is 0 Å². The first kappa shape index (κ1) is 21.3. The SMILES string of the molecule is CC(CCl)C[Si](C)(C)Cl.CC1CC[Si](C)(C)C1.N. The number of hydrogen-bond donors (Lipinski definition) is 1. The van der Waals surface area contributed by atoms with Crippen molar-refractivity contribution in [1.82, 2.24) is 6.15 Å². The lowest BCUT2D eigenvalue weighted by Gasteiger charge is -2.16. The molecule has 1 rings (SSSR count). The molecule has 1 nitrogen and oxygen atoms in total. The Labute approximate surface area is 126 Å². The van der Waals surface area contributed by atoms with Gasteiger partial charge in [0.15, 0.2) is 7.38 Å². The largest absolute Gasteiger partial charge is 0.344 e. The highest BCUT2D eigenvalue weighted by molar-refractivity contribution is 7.19. The first-order valence-electron chi connectivity index (χ1n) is 6.80. The zero-order valence-corrected chi connectivity index (χ0v) is 16.7. The van der Waals surface area contributed by atoms with Gasteiger partial charge in [-0.1, -0.05) is 58.5 Å². The molecule has 2 unspecified atom stereocenters. The van der Waals surface area contributed by atoms with Crippen LogP contribution < -0.4 is 6.15 Å². The van der Waals surface area contributed by atoms with Crippen LogP contribution in [0.2, 0.25) is 44.3 Å². The van der Waals surface area contributed by atoms with Gasteiger partial charge in [-0.15, -0.1) is 11.6 Å². The quantitative estimate of drug-likeness (QED) is 0.373. The lowest BCUT2D eigenvalue weighted by molar-refractivity contribution is 0.658. The van der Waals surface area contributed by atoms with E-state index >= 15 is 0 Å². The summed E-state index contributed by atoms with van der Waals surface area (Å²) in [5.41, 5.74) is 0. The second kappa shape index (κ2) is 9.01. The molecule has 5 heteroatoms. The summed E-state index contributed by atoms with van der Waals surface area (Å²) in [6.45, 7) is 13.9. The van der Waals surface area contributed by atoms with Crippen molar-refractivity contribution in [2.45, 2.75) is 64.6 Å². The van der Waals surface area contributed by atoms with Crippen LogP contribution in [0.4, 0.5) is 0 Å². The van der Waals surface area contributed by atoms with Crippen LogP contribution in [0.1, 0.15) is 20.3 Å². The van der Waals surface area contributed by atoms with Gasteiger partial charge in [-0.2, -0.15) is 11.1 Å². The first-order chi connectivity index (χ1) is 7.56. The molecule has 3 N–H and O–H groups in total. The number of hydrogen-bond acceptors (Lipinski definition) is 1. The minimum atomic E-state index is -1.35. The molecule has 1 heterocycles. The van der Waals surface area contributed by atoms with Crippen molar-refractivity contribution < 1.29 is 0 Å². The van der Waals surface area contributed by atoms with E-state index in [4.69, 9.17) is 22.7 Å². The van der Waals surface area contributed by atoms with Crippen molar-refractivity contribution in [3.63, 3.8) is 0 Å². The third kappa shape index (κ3) is 12.0. The van der Waals surface area contributed by atoms with E-state index in [0.717, 1.165) is 17.8 Å². The van der Waals surface area contributed by atoms with Gasteiger partial charge in [0.05, 0.1) is 0 Å². The lowest BCUT2D eigenvalue weighted by atomic mass is 10.2. The van der Waals surface area contributed by atoms with Gasteiger partial charge in [-0.3, -0.25) is 0 Å². The highest BCUT2D eigenvalue weighted by Gasteiger charge is 2.29. The molecule has 1 aliphatic heterocycles. The van der Waals surface area contributed by atoms with Gasteiger partial charge in [0.25, 0.3) is 0 Å². The Bertz CT molecular complexity index is 218. The summed E-state index contributed by atoms with van der Waals surface area (Å²) >= 11 is 11.7. The summed E-state index contributed by atoms with van der Waals surface area (Å²) in [5.74, 6) is 2.38. The predicted octanol–water partition coefficient (Wildman–Crippen LogP) is 6.20. The molecule has 0 spiro atoms. The molecule has 0 amide bonds. The normalized spacial score (nSPS) is 23.7. The van der Waals surface area contributed by atoms with Gasteiger partial charge in [0, 0.05) is 14.0 Å². The molecule has 1 saturated heterocycles. The second-order valence-electron chi connectivity index (χ2n) is 7.19. The Morgan fingerprint density at radius 2 is 1.83 bits per heavy atom. The fraction of sp³-hybridized carbons (Fsp3) is 1.00. The van der Waals surface area contributed by atoms with E-state index < -0.39 is 15.5 Å². The number of rotatable bonds is 3. The standard InChI is InChI=1S/C7H16Si.C6H14Cl2Si.H3N/c1-7-4-5-8(2,3)6-7;1-6(4-7)5-9(2,3)8;/h7H,4-6H2,1-3H3;6H,4-5H2,1-3H3;1H3. The summed E-state index contributed by atoms with van der Waals surface area (Å²) in [7, 11) is -1.96. The van der Waals surface area contributed by atoms with Crippen LogP contribution in [0.15, 0.2) is 0 Å². The van der Waals surface area contributed by atoms with Crippen LogP contribution in [0.5, 0.6) is 0 Å². The average molecular weight is 330 g/mol. The zero-order valence-electron chi connectivity index (χ0n) is 13.2. The number of alkyl halides is 1. The Morgan fingerprint density at radius 3 is 1.94 bits per heavy atom. The van der Waals surface area contributed by atoms with E-state index in [1.807, 2.05) is 0 Å². The van der Waals surface area contributed by atoms with E-state index in [9.17, 15) is 0 Å². The van der Waals surface area contributed by atoms with E-state index in [-0.39, 0.29) is 6.15 Å². The Hall–Kier alpha value is 0.974. The summed E-state index contributed by atoms with van der Waals surface area (Å²) < 4.78 is 0. The fourth-order valence-electron chi connectivity index (χ4n) is 2.67. The first-order valence-corrected chi connectivity index (χ1v) is 15.0. The third-order valence-electron chi connectivity index (χ3n) is 3.31. The molecule has 2 atom stereocenters. The third-order valence-corrected chi connectivity index (χ3v) is 9.41. The van der Waals surface area contributed by atoms with Crippen molar-refractivity contribution in [3.05, 3.63) is 0 Å². The summed E-state index contributed by atoms with van der Waals surface area (Å²) in [6, 6.07) is 4.28. The molecule has 1 fully saturated rings. The molecule has 0 aromatic heterocycles. The van der Waals surface area contributed by atoms with Crippen LogP contribution in [-0.4, -0.2) is 21.3 Å². The molecule has 1 aliphatic rings. The van der Waals surface area contributed by atoms with Crippen LogP contribution in [0.25, 0.3) is 0 Å². The molecule has 0 saturated carbocycles. The smallest absolute Gasteiger partial charge is 0.150 e. The van der Waals surface area contributed by atoms with E-state index in [2.05, 4.69) is 40.0 Å². The van der Waals surface area contributed by atoms with Gasteiger partial charge in [0.2, 0.25) is 0 Å². The molecule has 0 aliphatic carbocycles. The minimum Gasteiger partial charge on any atom is -0.344 e. The maximum atomic E-state index is 6.09. The highest BCUT2D eigenvalue weighted by Crippen LogP contribution is 2.33. The van der Waals surface area contributed by atoms with Crippen LogP contribution >= 0.6 is 22.7 Å². The van der Waals surface area contributed by atoms with Crippen molar-refractivity contribution >= 4 is 38.1 Å². The fourth-order valence-corrected chi connectivity index (χ4v) is 9.12. The summed E-state index contributed by atoms with van der Waals surface area (Å²) in [6.07, 6.45) is 1.51. The monoisotopic (exact) mass is 329 g/mol. The van der Waals surface area contributed by atoms with Gasteiger partial charge < -0.3 is 6.15 Å². The van der Waals surface area contributed by atoms with Crippen molar-refractivity contribution in [2.24, 2.45) is 11.8 Å².